The molecule has 0 N–H and O–H groups in total. The van der Waals surface area contributed by atoms with E-state index in [0.29, 0.717) is 0 Å². The Morgan fingerprint density at radius 2 is 1.05 bits per heavy atom. The number of hydrogen-bond acceptors (Lipinski definition) is 2. The van der Waals surface area contributed by atoms with E-state index in [-0.39, 0.29) is 6.71 Å². The summed E-state index contributed by atoms with van der Waals surface area (Å²) >= 11 is 0. The Morgan fingerprint density at radius 1 is 0.436 bits per heavy atom. The van der Waals surface area contributed by atoms with Gasteiger partial charge >= 0.3 is 0 Å². The maximum Gasteiger partial charge on any atom is 0.252 e. The molecule has 3 heteroatoms. The van der Waals surface area contributed by atoms with Gasteiger partial charge in [-0.3, -0.25) is 0 Å². The maximum absolute atomic E-state index is 6.82. The quantitative estimate of drug-likeness (QED) is 0.203. The van der Waals surface area contributed by atoms with E-state index < -0.39 is 0 Å². The summed E-state index contributed by atoms with van der Waals surface area (Å²) in [6, 6.07) is 45.5. The van der Waals surface area contributed by atoms with Crippen molar-refractivity contribution in [2.75, 3.05) is 0 Å². The minimum Gasteiger partial charge on any atom is -0.454 e. The summed E-state index contributed by atoms with van der Waals surface area (Å²) in [6.45, 7) is -0.0204. The molecule has 0 bridgehead atoms. The summed E-state index contributed by atoms with van der Waals surface area (Å²) in [5.41, 5.74) is 12.7. The highest BCUT2D eigenvalue weighted by atomic mass is 16.5. The first-order valence-electron chi connectivity index (χ1n) is 13.4. The predicted octanol–water partition coefficient (Wildman–Crippen LogP) is 7.52. The van der Waals surface area contributed by atoms with Crippen molar-refractivity contribution in [1.82, 2.24) is 0 Å². The van der Waals surface area contributed by atoms with Crippen molar-refractivity contribution in [2.45, 2.75) is 0 Å². The monoisotopic (exact) mass is 496 g/mol. The molecule has 39 heavy (non-hydrogen) atoms. The number of fused-ring (bicyclic) bond motifs is 13. The summed E-state index contributed by atoms with van der Waals surface area (Å²) in [5, 5.41) is 2.19. The van der Waals surface area contributed by atoms with Crippen molar-refractivity contribution in [2.24, 2.45) is 0 Å². The summed E-state index contributed by atoms with van der Waals surface area (Å²) in [4.78, 5) is 0. The first-order chi connectivity index (χ1) is 19.4. The third-order valence-electron chi connectivity index (χ3n) is 8.41. The molecule has 0 saturated carbocycles. The molecule has 0 amide bonds. The van der Waals surface area contributed by atoms with Gasteiger partial charge in [-0.25, -0.2) is 0 Å². The van der Waals surface area contributed by atoms with Crippen LogP contribution in [-0.2, 0) is 0 Å². The predicted molar refractivity (Wildman–Crippen MR) is 161 cm³/mol. The Balaban J connectivity index is 1.46. The molecule has 7 aromatic rings. The maximum atomic E-state index is 6.82. The van der Waals surface area contributed by atoms with E-state index in [1.807, 2.05) is 12.1 Å². The minimum absolute atomic E-state index is 0.0204. The zero-order valence-corrected chi connectivity index (χ0v) is 21.0. The van der Waals surface area contributed by atoms with Crippen LogP contribution < -0.4 is 21.1 Å². The van der Waals surface area contributed by atoms with Crippen LogP contribution in [0.2, 0.25) is 0 Å². The smallest absolute Gasteiger partial charge is 0.252 e. The number of ether oxygens (including phenoxy) is 1. The van der Waals surface area contributed by atoms with Crippen LogP contribution in [0.1, 0.15) is 0 Å². The van der Waals surface area contributed by atoms with E-state index >= 15 is 0 Å². The highest BCUT2D eigenvalue weighted by Crippen LogP contribution is 2.43. The summed E-state index contributed by atoms with van der Waals surface area (Å²) in [6.07, 6.45) is 0. The van der Waals surface area contributed by atoms with Gasteiger partial charge in [0, 0.05) is 10.8 Å². The Kier molecular flexibility index (Phi) is 4.17. The summed E-state index contributed by atoms with van der Waals surface area (Å²) in [5.74, 6) is 1.70. The third-order valence-corrected chi connectivity index (χ3v) is 8.41. The molecule has 1 aromatic heterocycles. The Bertz CT molecular complexity index is 2120. The van der Waals surface area contributed by atoms with E-state index in [2.05, 4.69) is 115 Å². The van der Waals surface area contributed by atoms with E-state index in [1.165, 1.54) is 44.3 Å². The molecule has 6 aromatic carbocycles. The second-order valence-corrected chi connectivity index (χ2v) is 10.4. The summed E-state index contributed by atoms with van der Waals surface area (Å²) in [7, 11) is 0. The average Bonchev–Trinajstić information content (AvgIpc) is 3.40. The second kappa shape index (κ2) is 7.75. The van der Waals surface area contributed by atoms with Gasteiger partial charge in [-0.15, -0.1) is 0 Å². The Hall–Kier alpha value is -5.02. The number of para-hydroxylation sites is 1. The van der Waals surface area contributed by atoms with Crippen molar-refractivity contribution in [3.63, 3.8) is 0 Å². The fraction of sp³-hybridized carbons (Fsp3) is 0. The van der Waals surface area contributed by atoms with Crippen LogP contribution in [-0.4, -0.2) is 6.71 Å². The molecule has 180 valence electrons. The fourth-order valence-electron chi connectivity index (χ4n) is 6.77. The molecule has 0 unspecified atom stereocenters. The van der Waals surface area contributed by atoms with Gasteiger partial charge in [0.1, 0.15) is 11.3 Å². The number of hydrogen-bond donors (Lipinski definition) is 0. The van der Waals surface area contributed by atoms with E-state index in [0.717, 1.165) is 38.9 Å². The number of furan rings is 1. The average molecular weight is 496 g/mol. The molecule has 0 radical (unpaired) electrons. The highest BCUT2D eigenvalue weighted by molar-refractivity contribution is 6.98. The summed E-state index contributed by atoms with van der Waals surface area (Å²) < 4.78 is 13.3. The van der Waals surface area contributed by atoms with Crippen LogP contribution in [0.5, 0.6) is 11.5 Å². The minimum atomic E-state index is -0.0204. The topological polar surface area (TPSA) is 22.4 Å². The second-order valence-electron chi connectivity index (χ2n) is 10.4. The van der Waals surface area contributed by atoms with Crippen LogP contribution in [0.4, 0.5) is 0 Å². The Labute approximate surface area is 226 Å². The lowest BCUT2D eigenvalue weighted by Gasteiger charge is -2.29. The molecule has 9 rings (SSSR count). The van der Waals surface area contributed by atoms with Gasteiger partial charge in [-0.1, -0.05) is 121 Å². The molecular formula is C36H21BO2. The lowest BCUT2D eigenvalue weighted by molar-refractivity contribution is 0.481. The van der Waals surface area contributed by atoms with E-state index in [4.69, 9.17) is 9.15 Å². The van der Waals surface area contributed by atoms with Gasteiger partial charge in [0.05, 0.1) is 0 Å². The van der Waals surface area contributed by atoms with Gasteiger partial charge < -0.3 is 9.15 Å². The molecule has 2 aliphatic heterocycles. The standard InChI is InChI=1S/C36H21BO2/c1-3-12-24-22(10-1)23-11-2-4-13-25(23)28-16-9-19-33-34(28)37(30-17-7-5-14-26(24)30)31-21-20-29-27-15-6-8-18-32(27)38-35(29)36(31)39-33/h1-21H. The van der Waals surface area contributed by atoms with Crippen molar-refractivity contribution < 1.29 is 9.15 Å². The molecule has 2 aliphatic rings. The van der Waals surface area contributed by atoms with Crippen LogP contribution in [0.25, 0.3) is 55.3 Å². The van der Waals surface area contributed by atoms with Crippen LogP contribution in [0, 0.1) is 0 Å². The molecule has 0 saturated heterocycles. The Morgan fingerprint density at radius 3 is 1.85 bits per heavy atom. The van der Waals surface area contributed by atoms with Gasteiger partial charge in [-0.05, 0) is 56.4 Å². The van der Waals surface area contributed by atoms with Crippen LogP contribution in [0.15, 0.2) is 132 Å². The lowest BCUT2D eigenvalue weighted by atomic mass is 9.34. The third kappa shape index (κ3) is 2.82. The van der Waals surface area contributed by atoms with Crippen molar-refractivity contribution in [1.29, 1.82) is 0 Å². The zero-order chi connectivity index (χ0) is 25.5. The molecule has 2 nitrogen and oxygen atoms in total. The van der Waals surface area contributed by atoms with Gasteiger partial charge in [0.2, 0.25) is 0 Å². The molecule has 0 spiro atoms. The SMILES string of the molecule is c1ccc2c(c1)B1c3ccc4c(oc5ccccc54)c3Oc3cccc(c31)-c1ccccc1-c1ccccc1-2. The molecular weight excluding hydrogens is 475 g/mol. The van der Waals surface area contributed by atoms with E-state index in [9.17, 15) is 0 Å². The van der Waals surface area contributed by atoms with Gasteiger partial charge in [0.15, 0.2) is 11.3 Å². The van der Waals surface area contributed by atoms with Gasteiger partial charge in [0.25, 0.3) is 6.71 Å². The molecule has 3 heterocycles. The van der Waals surface area contributed by atoms with Crippen LogP contribution >= 0.6 is 0 Å². The number of rotatable bonds is 0. The number of benzene rings is 6. The van der Waals surface area contributed by atoms with Crippen molar-refractivity contribution in [3.8, 4) is 44.9 Å². The fourth-order valence-corrected chi connectivity index (χ4v) is 6.77. The van der Waals surface area contributed by atoms with Crippen LogP contribution in [0.3, 0.4) is 0 Å². The highest BCUT2D eigenvalue weighted by Gasteiger charge is 2.39. The first kappa shape index (κ1) is 21.0. The lowest BCUT2D eigenvalue weighted by Crippen LogP contribution is -2.56. The normalized spacial score (nSPS) is 12.8. The molecule has 0 fully saturated rings. The zero-order valence-electron chi connectivity index (χ0n) is 21.0. The first-order valence-corrected chi connectivity index (χ1v) is 13.4. The molecule has 0 aliphatic carbocycles. The van der Waals surface area contributed by atoms with E-state index in [1.54, 1.807) is 0 Å². The largest absolute Gasteiger partial charge is 0.454 e. The molecule has 0 atom stereocenters. The van der Waals surface area contributed by atoms with Crippen molar-refractivity contribution >= 4 is 45.0 Å². The van der Waals surface area contributed by atoms with Gasteiger partial charge in [-0.2, -0.15) is 0 Å². The van der Waals surface area contributed by atoms with Crippen molar-refractivity contribution in [3.05, 3.63) is 127 Å².